The van der Waals surface area contributed by atoms with Crippen LogP contribution in [0, 0.1) is 19.7 Å². The molecule has 0 saturated heterocycles. The van der Waals surface area contributed by atoms with Crippen molar-refractivity contribution in [1.82, 2.24) is 5.32 Å². The van der Waals surface area contributed by atoms with Gasteiger partial charge in [0.05, 0.1) is 0 Å². The summed E-state index contributed by atoms with van der Waals surface area (Å²) in [5.41, 5.74) is 4.73. The van der Waals surface area contributed by atoms with Crippen LogP contribution in [-0.4, -0.2) is 6.54 Å². The molecular formula is C17H20FN. The number of halogens is 1. The van der Waals surface area contributed by atoms with Gasteiger partial charge in [0, 0.05) is 6.54 Å². The van der Waals surface area contributed by atoms with E-state index >= 15 is 0 Å². The molecular weight excluding hydrogens is 237 g/mol. The third-order valence-electron chi connectivity index (χ3n) is 3.48. The molecule has 0 bridgehead atoms. The Morgan fingerprint density at radius 3 is 2.32 bits per heavy atom. The molecule has 0 radical (unpaired) electrons. The molecule has 0 unspecified atom stereocenters. The second kappa shape index (κ2) is 6.48. The minimum atomic E-state index is -0.114. The molecule has 2 aromatic carbocycles. The van der Waals surface area contributed by atoms with Gasteiger partial charge in [0.15, 0.2) is 0 Å². The maximum absolute atomic E-state index is 13.4. The van der Waals surface area contributed by atoms with Crippen LogP contribution in [0.25, 0.3) is 0 Å². The maximum Gasteiger partial charge on any atom is 0.126 e. The van der Waals surface area contributed by atoms with Crippen LogP contribution in [0.1, 0.15) is 22.3 Å². The Bertz CT molecular complexity index is 528. The largest absolute Gasteiger partial charge is 0.312 e. The predicted molar refractivity (Wildman–Crippen MR) is 77.7 cm³/mol. The number of hydrogen-bond acceptors (Lipinski definition) is 1. The lowest BCUT2D eigenvalue weighted by Crippen LogP contribution is -2.18. The lowest BCUT2D eigenvalue weighted by molar-refractivity contribution is 0.597. The molecule has 1 N–H and O–H groups in total. The fourth-order valence-corrected chi connectivity index (χ4v) is 2.27. The Morgan fingerprint density at radius 2 is 1.63 bits per heavy atom. The van der Waals surface area contributed by atoms with Crippen molar-refractivity contribution >= 4 is 0 Å². The second-order valence-electron chi connectivity index (χ2n) is 4.89. The van der Waals surface area contributed by atoms with E-state index in [0.29, 0.717) is 0 Å². The van der Waals surface area contributed by atoms with Crippen LogP contribution in [0.15, 0.2) is 42.5 Å². The van der Waals surface area contributed by atoms with Crippen molar-refractivity contribution in [2.45, 2.75) is 26.8 Å². The lowest BCUT2D eigenvalue weighted by atomic mass is 10.0. The number of nitrogens with one attached hydrogen (secondary N) is 1. The van der Waals surface area contributed by atoms with E-state index in [0.717, 1.165) is 25.1 Å². The quantitative estimate of drug-likeness (QED) is 0.804. The molecule has 0 fully saturated rings. The van der Waals surface area contributed by atoms with Crippen molar-refractivity contribution in [3.63, 3.8) is 0 Å². The zero-order valence-electron chi connectivity index (χ0n) is 11.5. The summed E-state index contributed by atoms with van der Waals surface area (Å²) in [4.78, 5) is 0. The summed E-state index contributed by atoms with van der Waals surface area (Å²) in [5, 5.41) is 3.39. The van der Waals surface area contributed by atoms with Gasteiger partial charge in [0.2, 0.25) is 0 Å². The Morgan fingerprint density at radius 1 is 0.947 bits per heavy atom. The van der Waals surface area contributed by atoms with Crippen LogP contribution in [0.4, 0.5) is 4.39 Å². The number of benzene rings is 2. The monoisotopic (exact) mass is 257 g/mol. The SMILES string of the molecule is Cc1cccc(C)c1CNCCc1ccccc1F. The number of hydrogen-bond donors (Lipinski definition) is 1. The van der Waals surface area contributed by atoms with Crippen LogP contribution >= 0.6 is 0 Å². The van der Waals surface area contributed by atoms with E-state index in [1.54, 1.807) is 6.07 Å². The molecule has 19 heavy (non-hydrogen) atoms. The first-order valence-electron chi connectivity index (χ1n) is 6.67. The van der Waals surface area contributed by atoms with E-state index < -0.39 is 0 Å². The Hall–Kier alpha value is -1.67. The summed E-state index contributed by atoms with van der Waals surface area (Å²) in [5.74, 6) is -0.114. The summed E-state index contributed by atoms with van der Waals surface area (Å²) in [7, 11) is 0. The molecule has 0 amide bonds. The van der Waals surface area contributed by atoms with Gasteiger partial charge in [0.25, 0.3) is 0 Å². The molecule has 2 aromatic rings. The third kappa shape index (κ3) is 3.65. The minimum absolute atomic E-state index is 0.114. The van der Waals surface area contributed by atoms with Gasteiger partial charge in [-0.2, -0.15) is 0 Å². The lowest BCUT2D eigenvalue weighted by Gasteiger charge is -2.11. The number of rotatable bonds is 5. The van der Waals surface area contributed by atoms with E-state index in [9.17, 15) is 4.39 Å². The molecule has 2 heteroatoms. The molecule has 0 saturated carbocycles. The van der Waals surface area contributed by atoms with Gasteiger partial charge >= 0.3 is 0 Å². The van der Waals surface area contributed by atoms with Crippen molar-refractivity contribution in [2.24, 2.45) is 0 Å². The van der Waals surface area contributed by atoms with E-state index in [-0.39, 0.29) is 5.82 Å². The van der Waals surface area contributed by atoms with E-state index in [2.05, 4.69) is 37.4 Å². The standard InChI is InChI=1S/C17H20FN/c1-13-6-5-7-14(2)16(13)12-19-11-10-15-8-3-4-9-17(15)18/h3-9,19H,10-12H2,1-2H3. The van der Waals surface area contributed by atoms with E-state index in [1.165, 1.54) is 22.8 Å². The summed E-state index contributed by atoms with van der Waals surface area (Å²) in [6.07, 6.45) is 0.720. The average molecular weight is 257 g/mol. The Labute approximate surface area is 114 Å². The smallest absolute Gasteiger partial charge is 0.126 e. The van der Waals surface area contributed by atoms with Crippen LogP contribution in [-0.2, 0) is 13.0 Å². The van der Waals surface area contributed by atoms with Crippen LogP contribution < -0.4 is 5.32 Å². The minimum Gasteiger partial charge on any atom is -0.312 e. The molecule has 0 atom stereocenters. The first-order chi connectivity index (χ1) is 9.18. The fourth-order valence-electron chi connectivity index (χ4n) is 2.27. The van der Waals surface area contributed by atoms with Gasteiger partial charge in [-0.05, 0) is 55.1 Å². The van der Waals surface area contributed by atoms with Gasteiger partial charge < -0.3 is 5.32 Å². The number of aryl methyl sites for hydroxylation is 2. The molecule has 0 heterocycles. The van der Waals surface area contributed by atoms with Crippen LogP contribution in [0.2, 0.25) is 0 Å². The molecule has 0 aromatic heterocycles. The topological polar surface area (TPSA) is 12.0 Å². The molecule has 2 rings (SSSR count). The molecule has 100 valence electrons. The normalized spacial score (nSPS) is 10.7. The van der Waals surface area contributed by atoms with Gasteiger partial charge in [0.1, 0.15) is 5.82 Å². The molecule has 0 aliphatic heterocycles. The van der Waals surface area contributed by atoms with Crippen molar-refractivity contribution in [1.29, 1.82) is 0 Å². The first kappa shape index (κ1) is 13.8. The zero-order valence-corrected chi connectivity index (χ0v) is 11.5. The molecule has 1 nitrogen and oxygen atoms in total. The van der Waals surface area contributed by atoms with Gasteiger partial charge in [-0.3, -0.25) is 0 Å². The zero-order chi connectivity index (χ0) is 13.7. The second-order valence-corrected chi connectivity index (χ2v) is 4.89. The first-order valence-corrected chi connectivity index (χ1v) is 6.67. The Balaban J connectivity index is 1.86. The van der Waals surface area contributed by atoms with Gasteiger partial charge in [-0.1, -0.05) is 36.4 Å². The highest BCUT2D eigenvalue weighted by atomic mass is 19.1. The van der Waals surface area contributed by atoms with Crippen molar-refractivity contribution in [3.05, 3.63) is 70.5 Å². The van der Waals surface area contributed by atoms with E-state index in [1.807, 2.05) is 12.1 Å². The van der Waals surface area contributed by atoms with Crippen molar-refractivity contribution < 1.29 is 4.39 Å². The van der Waals surface area contributed by atoms with Gasteiger partial charge in [-0.25, -0.2) is 4.39 Å². The molecule has 0 aliphatic carbocycles. The Kier molecular flexibility index (Phi) is 4.69. The highest BCUT2D eigenvalue weighted by Crippen LogP contribution is 2.13. The fraction of sp³-hybridized carbons (Fsp3) is 0.294. The van der Waals surface area contributed by atoms with Gasteiger partial charge in [-0.15, -0.1) is 0 Å². The summed E-state index contributed by atoms with van der Waals surface area (Å²) < 4.78 is 13.4. The van der Waals surface area contributed by atoms with Crippen LogP contribution in [0.5, 0.6) is 0 Å². The summed E-state index contributed by atoms with van der Waals surface area (Å²) >= 11 is 0. The van der Waals surface area contributed by atoms with E-state index in [4.69, 9.17) is 0 Å². The molecule has 0 aliphatic rings. The highest BCUT2D eigenvalue weighted by Gasteiger charge is 2.03. The van der Waals surface area contributed by atoms with Crippen molar-refractivity contribution in [2.75, 3.05) is 6.54 Å². The maximum atomic E-state index is 13.4. The highest BCUT2D eigenvalue weighted by molar-refractivity contribution is 5.33. The van der Waals surface area contributed by atoms with Crippen molar-refractivity contribution in [3.8, 4) is 0 Å². The summed E-state index contributed by atoms with van der Waals surface area (Å²) in [6, 6.07) is 13.3. The van der Waals surface area contributed by atoms with Crippen LogP contribution in [0.3, 0.4) is 0 Å². The third-order valence-corrected chi connectivity index (χ3v) is 3.48. The summed E-state index contributed by atoms with van der Waals surface area (Å²) in [6.45, 7) is 5.88. The molecule has 0 spiro atoms. The predicted octanol–water partition coefficient (Wildman–Crippen LogP) is 3.77. The average Bonchev–Trinajstić information content (AvgIpc) is 2.39.